The molecule has 0 aliphatic carbocycles. The molecule has 33 heavy (non-hydrogen) atoms. The van der Waals surface area contributed by atoms with E-state index in [4.69, 9.17) is 33.2 Å². The van der Waals surface area contributed by atoms with Crippen LogP contribution in [-0.4, -0.2) is 88.1 Å². The standard InChI is InChI=1S/C19H32O10.C2H5NO/c1-5-6-23-7-8-24-9-10-25-18-11-16(27-14(3)21)19(28-15(4)22)17(29-18)12-26-13(2)20;1-2(3)4/h16-19H,5-12H2,1-4H3;1H3,(H2,3,4). The highest BCUT2D eigenvalue weighted by molar-refractivity contribution is 5.70. The number of rotatable bonds is 13. The van der Waals surface area contributed by atoms with Gasteiger partial charge in [0.15, 0.2) is 12.4 Å². The highest BCUT2D eigenvalue weighted by Crippen LogP contribution is 2.27. The van der Waals surface area contributed by atoms with Gasteiger partial charge in [0.25, 0.3) is 0 Å². The fourth-order valence-corrected chi connectivity index (χ4v) is 2.71. The number of carbonyl (C=O) groups is 4. The van der Waals surface area contributed by atoms with E-state index in [9.17, 15) is 19.2 Å². The molecular formula is C21H37NO11. The van der Waals surface area contributed by atoms with Crippen LogP contribution < -0.4 is 5.73 Å². The Morgan fingerprint density at radius 2 is 1.39 bits per heavy atom. The van der Waals surface area contributed by atoms with Crippen LogP contribution in [0.25, 0.3) is 0 Å². The van der Waals surface area contributed by atoms with Gasteiger partial charge in [0.2, 0.25) is 5.91 Å². The number of nitrogens with two attached hydrogens (primary N) is 1. The third-order valence-electron chi connectivity index (χ3n) is 3.81. The molecule has 1 rings (SSSR count). The molecule has 1 amide bonds. The van der Waals surface area contributed by atoms with E-state index in [0.717, 1.165) is 6.42 Å². The van der Waals surface area contributed by atoms with Gasteiger partial charge in [0.1, 0.15) is 18.8 Å². The number of hydrogen-bond donors (Lipinski definition) is 1. The van der Waals surface area contributed by atoms with Crippen molar-refractivity contribution < 1.29 is 52.3 Å². The number of primary amides is 1. The Hall–Kier alpha value is -2.28. The molecule has 0 radical (unpaired) electrons. The van der Waals surface area contributed by atoms with Crippen LogP contribution in [0, 0.1) is 0 Å². The van der Waals surface area contributed by atoms with Crippen molar-refractivity contribution in [1.82, 2.24) is 0 Å². The summed E-state index contributed by atoms with van der Waals surface area (Å²) in [5, 5.41) is 0. The lowest BCUT2D eigenvalue weighted by molar-refractivity contribution is -0.267. The second-order valence-electron chi connectivity index (χ2n) is 7.07. The second-order valence-corrected chi connectivity index (χ2v) is 7.07. The van der Waals surface area contributed by atoms with Gasteiger partial charge in [-0.15, -0.1) is 0 Å². The molecular weight excluding hydrogens is 442 g/mol. The average molecular weight is 480 g/mol. The van der Waals surface area contributed by atoms with Crippen molar-refractivity contribution in [1.29, 1.82) is 0 Å². The third-order valence-corrected chi connectivity index (χ3v) is 3.81. The molecule has 0 aromatic heterocycles. The van der Waals surface area contributed by atoms with Gasteiger partial charge < -0.3 is 38.9 Å². The fourth-order valence-electron chi connectivity index (χ4n) is 2.71. The van der Waals surface area contributed by atoms with Gasteiger partial charge in [0, 0.05) is 40.7 Å². The molecule has 1 heterocycles. The largest absolute Gasteiger partial charge is 0.463 e. The normalized spacial score (nSPS) is 21.8. The first kappa shape index (κ1) is 30.7. The van der Waals surface area contributed by atoms with Gasteiger partial charge in [-0.25, -0.2) is 0 Å². The maximum absolute atomic E-state index is 11.5. The van der Waals surface area contributed by atoms with Crippen molar-refractivity contribution in [3.05, 3.63) is 0 Å². The highest BCUT2D eigenvalue weighted by atomic mass is 16.7. The van der Waals surface area contributed by atoms with E-state index in [2.05, 4.69) is 5.73 Å². The number of hydrogen-bond acceptors (Lipinski definition) is 11. The first-order valence-corrected chi connectivity index (χ1v) is 10.7. The Bertz CT molecular complexity index is 595. The number of carbonyl (C=O) groups excluding carboxylic acids is 4. The Morgan fingerprint density at radius 3 is 1.91 bits per heavy atom. The Morgan fingerprint density at radius 1 is 0.848 bits per heavy atom. The van der Waals surface area contributed by atoms with Gasteiger partial charge in [-0.05, 0) is 6.42 Å². The van der Waals surface area contributed by atoms with Gasteiger partial charge in [-0.1, -0.05) is 6.92 Å². The van der Waals surface area contributed by atoms with Crippen molar-refractivity contribution in [3.8, 4) is 0 Å². The molecule has 1 fully saturated rings. The molecule has 0 saturated carbocycles. The molecule has 12 heteroatoms. The van der Waals surface area contributed by atoms with Crippen molar-refractivity contribution in [2.24, 2.45) is 5.73 Å². The third kappa shape index (κ3) is 16.9. The summed E-state index contributed by atoms with van der Waals surface area (Å²) in [5.41, 5.74) is 4.47. The monoisotopic (exact) mass is 479 g/mol. The van der Waals surface area contributed by atoms with Crippen LogP contribution in [0.3, 0.4) is 0 Å². The van der Waals surface area contributed by atoms with Crippen LogP contribution in [-0.2, 0) is 52.3 Å². The van der Waals surface area contributed by atoms with E-state index in [-0.39, 0.29) is 25.5 Å². The topological polar surface area (TPSA) is 159 Å². The van der Waals surface area contributed by atoms with E-state index >= 15 is 0 Å². The summed E-state index contributed by atoms with van der Waals surface area (Å²) in [6, 6.07) is 0. The zero-order valence-corrected chi connectivity index (χ0v) is 20.0. The second kappa shape index (κ2) is 18.2. The van der Waals surface area contributed by atoms with E-state index in [1.54, 1.807) is 0 Å². The van der Waals surface area contributed by atoms with E-state index in [1.807, 2.05) is 6.92 Å². The van der Waals surface area contributed by atoms with Crippen LogP contribution in [0.1, 0.15) is 47.5 Å². The summed E-state index contributed by atoms with van der Waals surface area (Å²) in [5.74, 6) is -1.95. The van der Waals surface area contributed by atoms with Gasteiger partial charge >= 0.3 is 17.9 Å². The van der Waals surface area contributed by atoms with Gasteiger partial charge in [-0.2, -0.15) is 0 Å². The van der Waals surface area contributed by atoms with E-state index < -0.39 is 42.5 Å². The Labute approximate surface area is 194 Å². The van der Waals surface area contributed by atoms with Crippen molar-refractivity contribution >= 4 is 23.8 Å². The summed E-state index contributed by atoms with van der Waals surface area (Å²) in [4.78, 5) is 43.3. The minimum atomic E-state index is -0.914. The number of esters is 3. The SMILES string of the molecule is CC(N)=O.CCCOCCOCCOC1CC(OC(C)=O)C(OC(C)=O)C(COC(C)=O)O1. The first-order valence-electron chi connectivity index (χ1n) is 10.7. The lowest BCUT2D eigenvalue weighted by Crippen LogP contribution is -2.54. The highest BCUT2D eigenvalue weighted by Gasteiger charge is 2.44. The minimum absolute atomic E-state index is 0.160. The van der Waals surface area contributed by atoms with Gasteiger partial charge in [0.05, 0.1) is 26.4 Å². The molecule has 2 N–H and O–H groups in total. The molecule has 0 bridgehead atoms. The summed E-state index contributed by atoms with van der Waals surface area (Å²) in [6.45, 7) is 9.14. The summed E-state index contributed by atoms with van der Waals surface area (Å²) in [6.07, 6.45) is -2.18. The van der Waals surface area contributed by atoms with Crippen molar-refractivity contribution in [2.45, 2.75) is 72.1 Å². The average Bonchev–Trinajstić information content (AvgIpc) is 2.69. The first-order chi connectivity index (χ1) is 15.6. The van der Waals surface area contributed by atoms with Gasteiger partial charge in [-0.3, -0.25) is 19.2 Å². The van der Waals surface area contributed by atoms with Crippen LogP contribution in [0.15, 0.2) is 0 Å². The summed E-state index contributed by atoms with van der Waals surface area (Å²) in [7, 11) is 0. The Balaban J connectivity index is 0.00000235. The molecule has 1 aliphatic heterocycles. The molecule has 4 atom stereocenters. The predicted molar refractivity (Wildman–Crippen MR) is 114 cm³/mol. The molecule has 0 aromatic rings. The number of ether oxygens (including phenoxy) is 7. The molecule has 192 valence electrons. The van der Waals surface area contributed by atoms with Crippen LogP contribution in [0.5, 0.6) is 0 Å². The smallest absolute Gasteiger partial charge is 0.303 e. The van der Waals surface area contributed by atoms with Crippen LogP contribution >= 0.6 is 0 Å². The van der Waals surface area contributed by atoms with Crippen molar-refractivity contribution in [2.75, 3.05) is 39.6 Å². The predicted octanol–water partition coefficient (Wildman–Crippen LogP) is 0.479. The maximum Gasteiger partial charge on any atom is 0.303 e. The maximum atomic E-state index is 11.5. The number of amides is 1. The molecule has 1 saturated heterocycles. The quantitative estimate of drug-likeness (QED) is 0.222. The molecule has 1 aliphatic rings. The molecule has 4 unspecified atom stereocenters. The minimum Gasteiger partial charge on any atom is -0.463 e. The zero-order chi connectivity index (χ0) is 25.2. The van der Waals surface area contributed by atoms with E-state index in [0.29, 0.717) is 26.4 Å². The van der Waals surface area contributed by atoms with Crippen LogP contribution in [0.4, 0.5) is 0 Å². The van der Waals surface area contributed by atoms with E-state index in [1.165, 1.54) is 27.7 Å². The molecule has 0 aromatic carbocycles. The van der Waals surface area contributed by atoms with Crippen molar-refractivity contribution in [3.63, 3.8) is 0 Å². The Kier molecular flexibility index (Phi) is 16.9. The fraction of sp³-hybridized carbons (Fsp3) is 0.810. The van der Waals surface area contributed by atoms with Crippen LogP contribution in [0.2, 0.25) is 0 Å². The summed E-state index contributed by atoms with van der Waals surface area (Å²) < 4.78 is 37.7. The molecule has 0 spiro atoms. The lowest BCUT2D eigenvalue weighted by Gasteiger charge is -2.39. The summed E-state index contributed by atoms with van der Waals surface area (Å²) >= 11 is 0. The molecule has 12 nitrogen and oxygen atoms in total. The zero-order valence-electron chi connectivity index (χ0n) is 20.0. The lowest BCUT2D eigenvalue weighted by atomic mass is 10.0.